The second-order valence-electron chi connectivity index (χ2n) is 1.13. The van der Waals surface area contributed by atoms with E-state index in [1.807, 2.05) is 0 Å². The van der Waals surface area contributed by atoms with Crippen molar-refractivity contribution in [1.82, 2.24) is 5.16 Å². The van der Waals surface area contributed by atoms with Gasteiger partial charge in [0.25, 0.3) is 0 Å². The molecular formula is C4H6N2O. The van der Waals surface area contributed by atoms with E-state index in [9.17, 15) is 0 Å². The van der Waals surface area contributed by atoms with Gasteiger partial charge in [-0.05, 0) is 0 Å². The lowest BCUT2D eigenvalue weighted by molar-refractivity contribution is 0.422. The van der Waals surface area contributed by atoms with Crippen LogP contribution in [0.4, 0.5) is 5.82 Å². The highest BCUT2D eigenvalue weighted by molar-refractivity contribution is 5.28. The minimum atomic E-state index is 0.764. The molecule has 0 fully saturated rings. The van der Waals surface area contributed by atoms with Gasteiger partial charge >= 0.3 is 0 Å². The van der Waals surface area contributed by atoms with Gasteiger partial charge in [0, 0.05) is 13.1 Å². The molecule has 0 aliphatic carbocycles. The minimum absolute atomic E-state index is 0.764. The molecule has 0 spiro atoms. The normalized spacial score (nSPS) is 8.71. The van der Waals surface area contributed by atoms with E-state index in [0.29, 0.717) is 0 Å². The molecule has 1 heterocycles. The molecule has 0 saturated heterocycles. The van der Waals surface area contributed by atoms with Gasteiger partial charge in [0.15, 0.2) is 5.82 Å². The van der Waals surface area contributed by atoms with Crippen LogP contribution in [0, 0.1) is 0 Å². The number of rotatable bonds is 1. The quantitative estimate of drug-likeness (QED) is 0.562. The van der Waals surface area contributed by atoms with Gasteiger partial charge in [0.05, 0.1) is 0 Å². The molecule has 0 aromatic carbocycles. The van der Waals surface area contributed by atoms with E-state index < -0.39 is 0 Å². The zero-order valence-corrected chi connectivity index (χ0v) is 4.01. The van der Waals surface area contributed by atoms with Crippen molar-refractivity contribution in [2.45, 2.75) is 0 Å². The monoisotopic (exact) mass is 98.0 g/mol. The molecule has 0 atom stereocenters. The summed E-state index contributed by atoms with van der Waals surface area (Å²) in [5.74, 6) is 0.764. The maximum Gasteiger partial charge on any atom is 0.169 e. The van der Waals surface area contributed by atoms with Gasteiger partial charge in [-0.25, -0.2) is 0 Å². The molecule has 1 N–H and O–H groups in total. The third-order valence-corrected chi connectivity index (χ3v) is 0.694. The highest BCUT2D eigenvalue weighted by Crippen LogP contribution is 1.96. The van der Waals surface area contributed by atoms with Crippen molar-refractivity contribution in [2.24, 2.45) is 0 Å². The first-order chi connectivity index (χ1) is 3.43. The third-order valence-electron chi connectivity index (χ3n) is 0.694. The number of nitrogens with one attached hydrogen (secondary N) is 1. The Morgan fingerprint density at radius 3 is 3.00 bits per heavy atom. The van der Waals surface area contributed by atoms with Crippen molar-refractivity contribution in [3.05, 3.63) is 12.3 Å². The SMILES string of the molecule is CNc1ccon1. The second-order valence-corrected chi connectivity index (χ2v) is 1.13. The van der Waals surface area contributed by atoms with Crippen LogP contribution in [0.2, 0.25) is 0 Å². The molecular weight excluding hydrogens is 92.1 g/mol. The van der Waals surface area contributed by atoms with E-state index in [0.717, 1.165) is 5.82 Å². The number of hydrogen-bond acceptors (Lipinski definition) is 3. The molecule has 0 radical (unpaired) electrons. The van der Waals surface area contributed by atoms with E-state index >= 15 is 0 Å². The van der Waals surface area contributed by atoms with Crippen LogP contribution in [-0.2, 0) is 0 Å². The second kappa shape index (κ2) is 1.64. The molecule has 3 heteroatoms. The highest BCUT2D eigenvalue weighted by Gasteiger charge is 1.84. The molecule has 1 aromatic rings. The maximum absolute atomic E-state index is 4.49. The molecule has 0 unspecified atom stereocenters. The number of anilines is 1. The summed E-state index contributed by atoms with van der Waals surface area (Å²) in [7, 11) is 1.79. The van der Waals surface area contributed by atoms with Crippen molar-refractivity contribution in [1.29, 1.82) is 0 Å². The van der Waals surface area contributed by atoms with Crippen molar-refractivity contribution in [3.63, 3.8) is 0 Å². The average Bonchev–Trinajstić information content (AvgIpc) is 2.14. The fraction of sp³-hybridized carbons (Fsp3) is 0.250. The predicted molar refractivity (Wildman–Crippen MR) is 26.0 cm³/mol. The van der Waals surface area contributed by atoms with Gasteiger partial charge < -0.3 is 9.84 Å². The van der Waals surface area contributed by atoms with Gasteiger partial charge in [-0.15, -0.1) is 0 Å². The van der Waals surface area contributed by atoms with E-state index in [1.54, 1.807) is 13.1 Å². The Labute approximate surface area is 41.3 Å². The zero-order valence-electron chi connectivity index (χ0n) is 4.01. The average molecular weight is 98.1 g/mol. The molecule has 0 amide bonds. The summed E-state index contributed by atoms with van der Waals surface area (Å²) in [5, 5.41) is 6.35. The molecule has 1 rings (SSSR count). The molecule has 3 nitrogen and oxygen atoms in total. The van der Waals surface area contributed by atoms with E-state index in [2.05, 4.69) is 15.0 Å². The molecule has 1 aromatic heterocycles. The smallest absolute Gasteiger partial charge is 0.169 e. The van der Waals surface area contributed by atoms with Crippen molar-refractivity contribution in [2.75, 3.05) is 12.4 Å². The largest absolute Gasteiger partial charge is 0.370 e. The summed E-state index contributed by atoms with van der Waals surface area (Å²) in [6.45, 7) is 0. The first kappa shape index (κ1) is 4.18. The van der Waals surface area contributed by atoms with Crippen molar-refractivity contribution < 1.29 is 4.52 Å². The fourth-order valence-electron chi connectivity index (χ4n) is 0.341. The highest BCUT2D eigenvalue weighted by atomic mass is 16.5. The molecule has 0 aliphatic rings. The van der Waals surface area contributed by atoms with E-state index in [-0.39, 0.29) is 0 Å². The van der Waals surface area contributed by atoms with Crippen LogP contribution in [0.3, 0.4) is 0 Å². The van der Waals surface area contributed by atoms with Gasteiger partial charge in [0.1, 0.15) is 6.26 Å². The number of hydrogen-bond donors (Lipinski definition) is 1. The van der Waals surface area contributed by atoms with Crippen molar-refractivity contribution >= 4 is 5.82 Å². The van der Waals surface area contributed by atoms with E-state index in [4.69, 9.17) is 0 Å². The first-order valence-electron chi connectivity index (χ1n) is 2.01. The number of nitrogens with zero attached hydrogens (tertiary/aromatic N) is 1. The Balaban J connectivity index is 2.76. The lowest BCUT2D eigenvalue weighted by Gasteiger charge is -1.82. The summed E-state index contributed by atoms with van der Waals surface area (Å²) in [5.41, 5.74) is 0. The fourth-order valence-corrected chi connectivity index (χ4v) is 0.341. The van der Waals surface area contributed by atoms with Crippen LogP contribution in [-0.4, -0.2) is 12.2 Å². The topological polar surface area (TPSA) is 38.1 Å². The lowest BCUT2D eigenvalue weighted by atomic mass is 10.7. The van der Waals surface area contributed by atoms with E-state index in [1.165, 1.54) is 6.26 Å². The van der Waals surface area contributed by atoms with Crippen LogP contribution >= 0.6 is 0 Å². The molecule has 0 saturated carbocycles. The van der Waals surface area contributed by atoms with Crippen LogP contribution in [0.15, 0.2) is 16.9 Å². The molecule has 38 valence electrons. The Morgan fingerprint density at radius 2 is 2.71 bits per heavy atom. The molecule has 7 heavy (non-hydrogen) atoms. The Bertz CT molecular complexity index is 124. The Hall–Kier alpha value is -0.990. The molecule has 0 aliphatic heterocycles. The van der Waals surface area contributed by atoms with Crippen LogP contribution in [0.25, 0.3) is 0 Å². The van der Waals surface area contributed by atoms with Crippen LogP contribution < -0.4 is 5.32 Å². The van der Waals surface area contributed by atoms with Crippen LogP contribution in [0.1, 0.15) is 0 Å². The Kier molecular flexibility index (Phi) is 0.978. The van der Waals surface area contributed by atoms with Crippen LogP contribution in [0.5, 0.6) is 0 Å². The zero-order chi connectivity index (χ0) is 5.11. The summed E-state index contributed by atoms with van der Waals surface area (Å²) < 4.78 is 4.49. The van der Waals surface area contributed by atoms with Gasteiger partial charge in [-0.3, -0.25) is 0 Å². The molecule has 0 bridgehead atoms. The lowest BCUT2D eigenvalue weighted by Crippen LogP contribution is -1.84. The number of aromatic nitrogens is 1. The van der Waals surface area contributed by atoms with Gasteiger partial charge in [-0.2, -0.15) is 0 Å². The maximum atomic E-state index is 4.49. The Morgan fingerprint density at radius 1 is 1.86 bits per heavy atom. The van der Waals surface area contributed by atoms with Crippen molar-refractivity contribution in [3.8, 4) is 0 Å². The van der Waals surface area contributed by atoms with Gasteiger partial charge in [-0.1, -0.05) is 5.16 Å². The summed E-state index contributed by atoms with van der Waals surface area (Å²) in [6, 6.07) is 1.75. The predicted octanol–water partition coefficient (Wildman–Crippen LogP) is 0.716. The van der Waals surface area contributed by atoms with Gasteiger partial charge in [0.2, 0.25) is 0 Å². The summed E-state index contributed by atoms with van der Waals surface area (Å²) in [4.78, 5) is 0. The third kappa shape index (κ3) is 0.707. The first-order valence-corrected chi connectivity index (χ1v) is 2.01. The minimum Gasteiger partial charge on any atom is -0.370 e. The summed E-state index contributed by atoms with van der Waals surface area (Å²) in [6.07, 6.45) is 1.52. The standard InChI is InChI=1S/C4H6N2O/c1-5-4-2-3-7-6-4/h2-3H,1H3,(H,5,6). The summed E-state index contributed by atoms with van der Waals surface area (Å²) >= 11 is 0.